The van der Waals surface area contributed by atoms with Crippen LogP contribution in [0.4, 0.5) is 0 Å². The third-order valence-corrected chi connectivity index (χ3v) is 3.93. The van der Waals surface area contributed by atoms with Crippen molar-refractivity contribution in [3.63, 3.8) is 0 Å². The Bertz CT molecular complexity index is 490. The number of ether oxygens (including phenoxy) is 1. The van der Waals surface area contributed by atoms with Gasteiger partial charge in [-0.05, 0) is 25.3 Å². The molecule has 2 rings (SSSR count). The number of aldehydes is 1. The Morgan fingerprint density at radius 3 is 2.48 bits per heavy atom. The van der Waals surface area contributed by atoms with Crippen molar-refractivity contribution in [3.05, 3.63) is 35.4 Å². The van der Waals surface area contributed by atoms with Gasteiger partial charge < -0.3 is 9.84 Å². The van der Waals surface area contributed by atoms with Crippen LogP contribution in [-0.2, 0) is 15.1 Å². The van der Waals surface area contributed by atoms with Crippen LogP contribution in [0.15, 0.2) is 24.3 Å². The van der Waals surface area contributed by atoms with E-state index in [-0.39, 0.29) is 12.5 Å². The van der Waals surface area contributed by atoms with Crippen molar-refractivity contribution < 1.29 is 19.4 Å². The highest BCUT2D eigenvalue weighted by atomic mass is 16.5. The van der Waals surface area contributed by atoms with Gasteiger partial charge in [0.1, 0.15) is 6.29 Å². The van der Waals surface area contributed by atoms with E-state index in [0.717, 1.165) is 11.8 Å². The first-order chi connectivity index (χ1) is 10.1. The van der Waals surface area contributed by atoms with Crippen LogP contribution in [0.25, 0.3) is 0 Å². The summed E-state index contributed by atoms with van der Waals surface area (Å²) in [4.78, 5) is 24.1. The minimum absolute atomic E-state index is 0.224. The molecule has 1 aromatic carbocycles. The Kier molecular flexibility index (Phi) is 5.09. The van der Waals surface area contributed by atoms with Crippen molar-refractivity contribution >= 4 is 12.3 Å². The van der Waals surface area contributed by atoms with Gasteiger partial charge in [-0.2, -0.15) is 0 Å². The smallest absolute Gasteiger partial charge is 0.320 e. The highest BCUT2D eigenvalue weighted by Gasteiger charge is 2.34. The maximum absolute atomic E-state index is 11.5. The predicted molar refractivity (Wildman–Crippen MR) is 78.0 cm³/mol. The Morgan fingerprint density at radius 1 is 1.33 bits per heavy atom. The van der Waals surface area contributed by atoms with Crippen LogP contribution in [0.1, 0.15) is 35.7 Å². The molecule has 0 radical (unpaired) electrons. The summed E-state index contributed by atoms with van der Waals surface area (Å²) in [5.41, 5.74) is 0.540. The van der Waals surface area contributed by atoms with Crippen LogP contribution in [0, 0.1) is 0 Å². The predicted octanol–water partition coefficient (Wildman–Crippen LogP) is 1.35. The summed E-state index contributed by atoms with van der Waals surface area (Å²) in [6.45, 7) is 3.74. The average Bonchev–Trinajstić information content (AvgIpc) is 2.50. The molecule has 1 saturated heterocycles. The molecule has 0 saturated carbocycles. The molecule has 5 nitrogen and oxygen atoms in total. The molecule has 0 amide bonds. The summed E-state index contributed by atoms with van der Waals surface area (Å²) in [6, 6.07) is 7.02. The number of hydrogen-bond donors (Lipinski definition) is 1. The van der Waals surface area contributed by atoms with Crippen LogP contribution < -0.4 is 0 Å². The maximum atomic E-state index is 11.5. The van der Waals surface area contributed by atoms with Crippen LogP contribution in [0.5, 0.6) is 0 Å². The number of carbonyl (C=O) groups excluding carboxylic acids is 2. The largest absolute Gasteiger partial charge is 0.465 e. The van der Waals surface area contributed by atoms with E-state index in [0.29, 0.717) is 38.1 Å². The number of piperidine rings is 1. The minimum Gasteiger partial charge on any atom is -0.465 e. The molecular formula is C16H21NO4. The SMILES string of the molecule is CCOC(=O)CN1CCC(O)(c2ccc(C=O)cc2)CC1. The fourth-order valence-electron chi connectivity index (χ4n) is 2.63. The van der Waals surface area contributed by atoms with E-state index in [9.17, 15) is 14.7 Å². The monoisotopic (exact) mass is 291 g/mol. The Morgan fingerprint density at radius 2 is 1.95 bits per heavy atom. The van der Waals surface area contributed by atoms with Crippen molar-refractivity contribution in [2.45, 2.75) is 25.4 Å². The number of rotatable bonds is 5. The number of likely N-dealkylation sites (tertiary alicyclic amines) is 1. The molecule has 0 aliphatic carbocycles. The molecule has 1 aromatic rings. The van der Waals surface area contributed by atoms with Gasteiger partial charge in [0.25, 0.3) is 0 Å². The quantitative estimate of drug-likeness (QED) is 0.655. The number of aliphatic hydroxyl groups is 1. The Hall–Kier alpha value is -1.72. The number of benzene rings is 1. The third-order valence-electron chi connectivity index (χ3n) is 3.93. The third kappa shape index (κ3) is 3.89. The van der Waals surface area contributed by atoms with E-state index in [1.54, 1.807) is 31.2 Å². The fourth-order valence-corrected chi connectivity index (χ4v) is 2.63. The molecule has 21 heavy (non-hydrogen) atoms. The van der Waals surface area contributed by atoms with Gasteiger partial charge in [-0.15, -0.1) is 0 Å². The van der Waals surface area contributed by atoms with Gasteiger partial charge in [0, 0.05) is 18.7 Å². The molecular weight excluding hydrogens is 270 g/mol. The second kappa shape index (κ2) is 6.83. The molecule has 5 heteroatoms. The van der Waals surface area contributed by atoms with E-state index in [1.165, 1.54) is 0 Å². The lowest BCUT2D eigenvalue weighted by atomic mass is 9.84. The Labute approximate surface area is 124 Å². The van der Waals surface area contributed by atoms with Crippen molar-refractivity contribution in [2.24, 2.45) is 0 Å². The van der Waals surface area contributed by atoms with Crippen molar-refractivity contribution in [3.8, 4) is 0 Å². The van der Waals surface area contributed by atoms with Crippen molar-refractivity contribution in [1.29, 1.82) is 0 Å². The van der Waals surface area contributed by atoms with Crippen LogP contribution >= 0.6 is 0 Å². The summed E-state index contributed by atoms with van der Waals surface area (Å²) in [5.74, 6) is -0.224. The topological polar surface area (TPSA) is 66.8 Å². The van der Waals surface area contributed by atoms with E-state index in [1.807, 2.05) is 4.90 Å². The highest BCUT2D eigenvalue weighted by molar-refractivity contribution is 5.74. The first-order valence-electron chi connectivity index (χ1n) is 7.23. The van der Waals surface area contributed by atoms with E-state index >= 15 is 0 Å². The van der Waals surface area contributed by atoms with Gasteiger partial charge in [-0.1, -0.05) is 24.3 Å². The maximum Gasteiger partial charge on any atom is 0.320 e. The number of carbonyl (C=O) groups is 2. The van der Waals surface area contributed by atoms with Gasteiger partial charge in [0.15, 0.2) is 0 Å². The number of hydrogen-bond acceptors (Lipinski definition) is 5. The summed E-state index contributed by atoms with van der Waals surface area (Å²) in [5, 5.41) is 10.7. The first kappa shape index (κ1) is 15.7. The standard InChI is InChI=1S/C16H21NO4/c1-2-21-15(19)11-17-9-7-16(20,8-10-17)14-5-3-13(12-18)4-6-14/h3-6,12,20H,2,7-11H2,1H3. The van der Waals surface area contributed by atoms with Gasteiger partial charge in [-0.25, -0.2) is 0 Å². The minimum atomic E-state index is -0.882. The molecule has 114 valence electrons. The second-order valence-corrected chi connectivity index (χ2v) is 5.35. The average molecular weight is 291 g/mol. The van der Waals surface area contributed by atoms with Gasteiger partial charge >= 0.3 is 5.97 Å². The molecule has 1 aliphatic heterocycles. The lowest BCUT2D eigenvalue weighted by Crippen LogP contribution is -2.44. The zero-order valence-corrected chi connectivity index (χ0v) is 12.2. The number of esters is 1. The fraction of sp³-hybridized carbons (Fsp3) is 0.500. The molecule has 1 fully saturated rings. The van der Waals surface area contributed by atoms with Crippen LogP contribution in [0.2, 0.25) is 0 Å². The lowest BCUT2D eigenvalue weighted by molar-refractivity contribution is -0.145. The molecule has 0 bridgehead atoms. The lowest BCUT2D eigenvalue weighted by Gasteiger charge is -2.38. The molecule has 0 spiro atoms. The van der Waals surface area contributed by atoms with E-state index in [2.05, 4.69) is 0 Å². The zero-order chi connectivity index (χ0) is 15.3. The van der Waals surface area contributed by atoms with Gasteiger partial charge in [0.2, 0.25) is 0 Å². The van der Waals surface area contributed by atoms with Crippen LogP contribution in [-0.4, -0.2) is 48.5 Å². The van der Waals surface area contributed by atoms with Gasteiger partial charge in [-0.3, -0.25) is 14.5 Å². The van der Waals surface area contributed by atoms with Crippen LogP contribution in [0.3, 0.4) is 0 Å². The van der Waals surface area contributed by atoms with E-state index in [4.69, 9.17) is 4.74 Å². The summed E-state index contributed by atoms with van der Waals surface area (Å²) >= 11 is 0. The molecule has 0 atom stereocenters. The summed E-state index contributed by atoms with van der Waals surface area (Å²) in [6.07, 6.45) is 1.91. The second-order valence-electron chi connectivity index (χ2n) is 5.35. The van der Waals surface area contributed by atoms with Crippen molar-refractivity contribution in [1.82, 2.24) is 4.90 Å². The summed E-state index contributed by atoms with van der Waals surface area (Å²) in [7, 11) is 0. The van der Waals surface area contributed by atoms with E-state index < -0.39 is 5.60 Å². The molecule has 1 aliphatic rings. The highest BCUT2D eigenvalue weighted by Crippen LogP contribution is 2.32. The molecule has 1 N–H and O–H groups in total. The molecule has 1 heterocycles. The van der Waals surface area contributed by atoms with Crippen molar-refractivity contribution in [2.75, 3.05) is 26.2 Å². The number of nitrogens with zero attached hydrogens (tertiary/aromatic N) is 1. The zero-order valence-electron chi connectivity index (χ0n) is 12.2. The Balaban J connectivity index is 1.94. The first-order valence-corrected chi connectivity index (χ1v) is 7.23. The normalized spacial score (nSPS) is 18.2. The molecule has 0 aromatic heterocycles. The summed E-state index contributed by atoms with van der Waals surface area (Å²) < 4.78 is 4.93. The molecule has 0 unspecified atom stereocenters. The van der Waals surface area contributed by atoms with Gasteiger partial charge in [0.05, 0.1) is 18.8 Å².